The molecular weight excluding hydrogens is 290 g/mol. The summed E-state index contributed by atoms with van der Waals surface area (Å²) < 4.78 is 0. The van der Waals surface area contributed by atoms with Crippen molar-refractivity contribution in [3.63, 3.8) is 0 Å². The third-order valence-corrected chi connectivity index (χ3v) is 4.93. The molecule has 0 atom stereocenters. The predicted octanol–water partition coefficient (Wildman–Crippen LogP) is 5.35. The van der Waals surface area contributed by atoms with Gasteiger partial charge >= 0.3 is 0 Å². The molecule has 0 spiro atoms. The molecule has 0 fully saturated rings. The summed E-state index contributed by atoms with van der Waals surface area (Å²) in [7, 11) is 0. The van der Waals surface area contributed by atoms with Crippen LogP contribution in [0.25, 0.3) is 11.1 Å². The molecule has 1 nitrogen and oxygen atoms in total. The van der Waals surface area contributed by atoms with E-state index in [0.717, 1.165) is 18.5 Å². The number of fused-ring (bicyclic) bond motifs is 2. The van der Waals surface area contributed by atoms with Gasteiger partial charge in [0.15, 0.2) is 0 Å². The minimum absolute atomic E-state index is 0.808. The molecule has 0 saturated carbocycles. The van der Waals surface area contributed by atoms with Crippen LogP contribution in [0.1, 0.15) is 34.7 Å². The van der Waals surface area contributed by atoms with E-state index >= 15 is 0 Å². The molecule has 118 valence electrons. The average molecular weight is 311 g/mol. The number of allylic oxidation sites excluding steroid dienone is 1. The lowest BCUT2D eigenvalue weighted by Gasteiger charge is -2.16. The summed E-state index contributed by atoms with van der Waals surface area (Å²) in [6.45, 7) is 2.21. The van der Waals surface area contributed by atoms with Crippen LogP contribution < -0.4 is 5.73 Å². The summed E-state index contributed by atoms with van der Waals surface area (Å²) in [6.07, 6.45) is 2.17. The molecule has 0 unspecified atom stereocenters. The summed E-state index contributed by atoms with van der Waals surface area (Å²) in [6, 6.07) is 25.8. The second kappa shape index (κ2) is 6.01. The van der Waals surface area contributed by atoms with Gasteiger partial charge in [0.1, 0.15) is 0 Å². The fourth-order valence-electron chi connectivity index (χ4n) is 3.70. The van der Waals surface area contributed by atoms with Crippen molar-refractivity contribution >= 4 is 16.8 Å². The van der Waals surface area contributed by atoms with E-state index in [1.807, 2.05) is 12.1 Å². The summed E-state index contributed by atoms with van der Waals surface area (Å²) >= 11 is 0. The molecule has 3 aromatic carbocycles. The number of rotatable bonds is 1. The van der Waals surface area contributed by atoms with Gasteiger partial charge in [-0.3, -0.25) is 0 Å². The van der Waals surface area contributed by atoms with E-state index in [2.05, 4.69) is 67.6 Å². The van der Waals surface area contributed by atoms with Crippen molar-refractivity contribution in [3.05, 3.63) is 101 Å². The lowest BCUT2D eigenvalue weighted by molar-refractivity contribution is 0.965. The van der Waals surface area contributed by atoms with Crippen LogP contribution in [-0.2, 0) is 12.8 Å². The first-order chi connectivity index (χ1) is 11.7. The second-order valence-electron chi connectivity index (χ2n) is 6.44. The van der Waals surface area contributed by atoms with Gasteiger partial charge < -0.3 is 5.73 Å². The molecule has 1 aliphatic rings. The molecule has 0 amide bonds. The monoisotopic (exact) mass is 311 g/mol. The van der Waals surface area contributed by atoms with Gasteiger partial charge in [0.05, 0.1) is 0 Å². The molecule has 0 heterocycles. The minimum Gasteiger partial charge on any atom is -0.399 e. The molecule has 24 heavy (non-hydrogen) atoms. The summed E-state index contributed by atoms with van der Waals surface area (Å²) in [5, 5.41) is 0. The van der Waals surface area contributed by atoms with Crippen LogP contribution in [0.15, 0.2) is 72.8 Å². The lowest BCUT2D eigenvalue weighted by atomic mass is 9.88. The van der Waals surface area contributed by atoms with Gasteiger partial charge in [0, 0.05) is 5.69 Å². The Morgan fingerprint density at radius 2 is 1.33 bits per heavy atom. The first kappa shape index (κ1) is 14.8. The molecule has 0 saturated heterocycles. The number of anilines is 1. The quantitative estimate of drug-likeness (QED) is 0.603. The van der Waals surface area contributed by atoms with E-state index < -0.39 is 0 Å². The smallest absolute Gasteiger partial charge is 0.0320 e. The van der Waals surface area contributed by atoms with Gasteiger partial charge in [-0.15, -0.1) is 0 Å². The van der Waals surface area contributed by atoms with Crippen LogP contribution in [0.2, 0.25) is 0 Å². The topological polar surface area (TPSA) is 26.0 Å². The zero-order chi connectivity index (χ0) is 16.5. The fraction of sp³-hybridized carbons (Fsp3) is 0.130. The third kappa shape index (κ3) is 2.52. The number of nitrogen functional groups attached to an aromatic ring is 1. The molecular formula is C23H21N. The molecule has 0 bridgehead atoms. The standard InChI is InChI=1S/C23H21N/c1-16(19-9-6-10-20(24)15-19)23-21-11-4-2-7-17(21)13-14-18-8-3-5-12-22(18)23/h2-12,15H,13-14,24H2,1H3. The Bertz CT molecular complexity index is 885. The SMILES string of the molecule is CC(=C1c2ccccc2CCc2ccccc21)c1cccc(N)c1. The summed E-state index contributed by atoms with van der Waals surface area (Å²) in [5.74, 6) is 0. The van der Waals surface area contributed by atoms with Crippen molar-refractivity contribution in [2.45, 2.75) is 19.8 Å². The number of hydrogen-bond donors (Lipinski definition) is 1. The second-order valence-corrected chi connectivity index (χ2v) is 6.44. The van der Waals surface area contributed by atoms with Crippen molar-refractivity contribution < 1.29 is 0 Å². The van der Waals surface area contributed by atoms with E-state index in [-0.39, 0.29) is 0 Å². The highest BCUT2D eigenvalue weighted by Gasteiger charge is 2.19. The predicted molar refractivity (Wildman–Crippen MR) is 103 cm³/mol. The van der Waals surface area contributed by atoms with Crippen LogP contribution in [0, 0.1) is 0 Å². The van der Waals surface area contributed by atoms with E-state index in [0.29, 0.717) is 0 Å². The van der Waals surface area contributed by atoms with Gasteiger partial charge in [-0.2, -0.15) is 0 Å². The maximum absolute atomic E-state index is 6.02. The van der Waals surface area contributed by atoms with Gasteiger partial charge in [-0.25, -0.2) is 0 Å². The van der Waals surface area contributed by atoms with Crippen molar-refractivity contribution in [3.8, 4) is 0 Å². The van der Waals surface area contributed by atoms with Crippen LogP contribution >= 0.6 is 0 Å². The van der Waals surface area contributed by atoms with Gasteiger partial charge in [0.25, 0.3) is 0 Å². The summed E-state index contributed by atoms with van der Waals surface area (Å²) in [4.78, 5) is 0. The highest BCUT2D eigenvalue weighted by molar-refractivity contribution is 6.00. The van der Waals surface area contributed by atoms with E-state index in [1.165, 1.54) is 39.0 Å². The molecule has 1 heteroatoms. The molecule has 2 N–H and O–H groups in total. The lowest BCUT2D eigenvalue weighted by Crippen LogP contribution is -1.96. The van der Waals surface area contributed by atoms with Crippen molar-refractivity contribution in [2.75, 3.05) is 5.73 Å². The van der Waals surface area contributed by atoms with Crippen LogP contribution in [0.3, 0.4) is 0 Å². The van der Waals surface area contributed by atoms with Gasteiger partial charge in [0.2, 0.25) is 0 Å². The Hall–Kier alpha value is -2.80. The van der Waals surface area contributed by atoms with Crippen molar-refractivity contribution in [1.82, 2.24) is 0 Å². The first-order valence-corrected chi connectivity index (χ1v) is 8.47. The maximum atomic E-state index is 6.02. The minimum atomic E-state index is 0.808. The van der Waals surface area contributed by atoms with E-state index in [9.17, 15) is 0 Å². The first-order valence-electron chi connectivity index (χ1n) is 8.47. The number of hydrogen-bond acceptors (Lipinski definition) is 1. The number of aryl methyl sites for hydroxylation is 2. The molecule has 0 radical (unpaired) electrons. The molecule has 1 aliphatic carbocycles. The Balaban J connectivity index is 2.04. The highest BCUT2D eigenvalue weighted by Crippen LogP contribution is 2.38. The Morgan fingerprint density at radius 3 is 1.92 bits per heavy atom. The van der Waals surface area contributed by atoms with E-state index in [1.54, 1.807) is 0 Å². The zero-order valence-corrected chi connectivity index (χ0v) is 13.9. The Labute approximate surface area is 143 Å². The zero-order valence-electron chi connectivity index (χ0n) is 13.9. The largest absolute Gasteiger partial charge is 0.399 e. The Morgan fingerprint density at radius 1 is 0.750 bits per heavy atom. The van der Waals surface area contributed by atoms with Crippen LogP contribution in [0.4, 0.5) is 5.69 Å². The van der Waals surface area contributed by atoms with Gasteiger partial charge in [-0.1, -0.05) is 60.7 Å². The third-order valence-electron chi connectivity index (χ3n) is 4.93. The Kier molecular flexibility index (Phi) is 3.70. The van der Waals surface area contributed by atoms with Crippen molar-refractivity contribution in [1.29, 1.82) is 0 Å². The number of benzene rings is 3. The highest BCUT2D eigenvalue weighted by atomic mass is 14.5. The van der Waals surface area contributed by atoms with Crippen molar-refractivity contribution in [2.24, 2.45) is 0 Å². The molecule has 3 aromatic rings. The van der Waals surface area contributed by atoms with E-state index in [4.69, 9.17) is 5.73 Å². The summed E-state index contributed by atoms with van der Waals surface area (Å²) in [5.41, 5.74) is 16.2. The molecule has 0 aromatic heterocycles. The fourth-order valence-corrected chi connectivity index (χ4v) is 3.70. The van der Waals surface area contributed by atoms with Crippen LogP contribution in [-0.4, -0.2) is 0 Å². The molecule has 4 rings (SSSR count). The molecule has 0 aliphatic heterocycles. The maximum Gasteiger partial charge on any atom is 0.0320 e. The number of nitrogens with two attached hydrogens (primary N) is 1. The van der Waals surface area contributed by atoms with Gasteiger partial charge in [-0.05, 0) is 70.9 Å². The average Bonchev–Trinajstić information content (AvgIpc) is 2.78. The normalized spacial score (nSPS) is 13.0. The van der Waals surface area contributed by atoms with Crippen LogP contribution in [0.5, 0.6) is 0 Å².